The Morgan fingerprint density at radius 1 is 1.32 bits per heavy atom. The number of thioether (sulfide) groups is 1. The first-order chi connectivity index (χ1) is 10.7. The lowest BCUT2D eigenvalue weighted by molar-refractivity contribution is -0.130. The van der Waals surface area contributed by atoms with Crippen LogP contribution in [-0.4, -0.2) is 54.1 Å². The highest BCUT2D eigenvalue weighted by Crippen LogP contribution is 2.33. The van der Waals surface area contributed by atoms with E-state index in [1.54, 1.807) is 31.0 Å². The van der Waals surface area contributed by atoms with Gasteiger partial charge in [0, 0.05) is 5.75 Å². The van der Waals surface area contributed by atoms with Crippen molar-refractivity contribution >= 4 is 23.7 Å². The number of nitrogens with zero attached hydrogens (tertiary/aromatic N) is 1. The van der Waals surface area contributed by atoms with Gasteiger partial charge in [0.2, 0.25) is 0 Å². The van der Waals surface area contributed by atoms with Crippen LogP contribution in [-0.2, 0) is 4.79 Å². The molecule has 7 heteroatoms. The molecule has 1 aromatic rings. The van der Waals surface area contributed by atoms with Crippen molar-refractivity contribution in [3.8, 4) is 11.5 Å². The van der Waals surface area contributed by atoms with Crippen molar-refractivity contribution in [2.45, 2.75) is 12.0 Å². The van der Waals surface area contributed by atoms with Gasteiger partial charge >= 0.3 is 6.03 Å². The van der Waals surface area contributed by atoms with Crippen molar-refractivity contribution < 1.29 is 19.1 Å². The molecule has 2 heterocycles. The Morgan fingerprint density at radius 3 is 2.77 bits per heavy atom. The first-order valence-corrected chi connectivity index (χ1v) is 8.29. The zero-order valence-electron chi connectivity index (χ0n) is 12.3. The summed E-state index contributed by atoms with van der Waals surface area (Å²) in [6.45, 7) is 0.470. The number of methoxy groups -OCH3 is 1. The van der Waals surface area contributed by atoms with Gasteiger partial charge < -0.3 is 14.8 Å². The number of benzene rings is 1. The molecule has 0 aliphatic carbocycles. The molecule has 0 aromatic heterocycles. The van der Waals surface area contributed by atoms with Crippen LogP contribution in [0.15, 0.2) is 24.3 Å². The quantitative estimate of drug-likeness (QED) is 0.832. The molecule has 2 aliphatic heterocycles. The molecule has 1 atom stereocenters. The molecule has 0 radical (unpaired) electrons. The summed E-state index contributed by atoms with van der Waals surface area (Å²) in [5.74, 6) is 2.65. The molecular weight excluding hydrogens is 304 g/mol. The van der Waals surface area contributed by atoms with Crippen molar-refractivity contribution in [1.82, 2.24) is 10.2 Å². The van der Waals surface area contributed by atoms with Gasteiger partial charge in [0.05, 0.1) is 13.7 Å². The fourth-order valence-corrected chi connectivity index (χ4v) is 4.02. The number of ether oxygens (including phenoxy) is 2. The second-order valence-electron chi connectivity index (χ2n) is 5.27. The van der Waals surface area contributed by atoms with E-state index in [2.05, 4.69) is 5.32 Å². The molecule has 1 spiro atoms. The maximum atomic E-state index is 12.5. The number of urea groups is 1. The minimum absolute atomic E-state index is 0.133. The fourth-order valence-electron chi connectivity index (χ4n) is 2.70. The maximum Gasteiger partial charge on any atom is 0.325 e. The van der Waals surface area contributed by atoms with Crippen LogP contribution in [0.2, 0.25) is 0 Å². The second-order valence-corrected chi connectivity index (χ2v) is 6.38. The highest BCUT2D eigenvalue weighted by molar-refractivity contribution is 7.99. The number of amides is 3. The Kier molecular flexibility index (Phi) is 4.15. The van der Waals surface area contributed by atoms with E-state index in [4.69, 9.17) is 9.47 Å². The van der Waals surface area contributed by atoms with E-state index in [9.17, 15) is 9.59 Å². The number of carbonyl (C=O) groups is 2. The largest absolute Gasteiger partial charge is 0.493 e. The van der Waals surface area contributed by atoms with Crippen molar-refractivity contribution in [2.24, 2.45) is 0 Å². The topological polar surface area (TPSA) is 67.9 Å². The monoisotopic (exact) mass is 322 g/mol. The van der Waals surface area contributed by atoms with Gasteiger partial charge in [-0.15, -0.1) is 0 Å². The minimum Gasteiger partial charge on any atom is -0.493 e. The lowest BCUT2D eigenvalue weighted by Crippen LogP contribution is -2.47. The first kappa shape index (κ1) is 15.0. The highest BCUT2D eigenvalue weighted by atomic mass is 32.2. The van der Waals surface area contributed by atoms with E-state index in [1.807, 2.05) is 12.1 Å². The molecule has 6 nitrogen and oxygen atoms in total. The van der Waals surface area contributed by atoms with E-state index < -0.39 is 5.54 Å². The van der Waals surface area contributed by atoms with Crippen LogP contribution < -0.4 is 14.8 Å². The van der Waals surface area contributed by atoms with Crippen molar-refractivity contribution in [1.29, 1.82) is 0 Å². The zero-order valence-corrected chi connectivity index (χ0v) is 13.1. The molecule has 0 saturated carbocycles. The molecule has 0 unspecified atom stereocenters. The summed E-state index contributed by atoms with van der Waals surface area (Å²) in [5, 5.41) is 2.84. The molecule has 1 aromatic carbocycles. The zero-order chi connectivity index (χ0) is 15.6. The second kappa shape index (κ2) is 6.08. The molecule has 3 amide bonds. The molecule has 2 aliphatic rings. The number of hydrogen-bond acceptors (Lipinski definition) is 5. The summed E-state index contributed by atoms with van der Waals surface area (Å²) in [6.07, 6.45) is 0.701. The van der Waals surface area contributed by atoms with Gasteiger partial charge in [-0.05, 0) is 24.3 Å². The average molecular weight is 322 g/mol. The van der Waals surface area contributed by atoms with E-state index in [1.165, 1.54) is 4.90 Å². The minimum atomic E-state index is -0.688. The molecule has 3 rings (SSSR count). The lowest BCUT2D eigenvalue weighted by Gasteiger charge is -2.19. The summed E-state index contributed by atoms with van der Waals surface area (Å²) >= 11 is 1.69. The van der Waals surface area contributed by atoms with Crippen LogP contribution in [0.5, 0.6) is 11.5 Å². The third-order valence-corrected chi connectivity index (χ3v) is 5.10. The Labute approximate surface area is 133 Å². The Bertz CT molecular complexity index is 587. The van der Waals surface area contributed by atoms with Gasteiger partial charge in [0.25, 0.3) is 5.91 Å². The van der Waals surface area contributed by atoms with Gasteiger partial charge in [-0.2, -0.15) is 11.8 Å². The third kappa shape index (κ3) is 2.61. The van der Waals surface area contributed by atoms with Gasteiger partial charge in [0.15, 0.2) is 11.5 Å². The molecule has 118 valence electrons. The molecular formula is C15H18N2O4S. The predicted molar refractivity (Wildman–Crippen MR) is 83.4 cm³/mol. The van der Waals surface area contributed by atoms with E-state index in [-0.39, 0.29) is 25.1 Å². The van der Waals surface area contributed by atoms with Gasteiger partial charge in [-0.1, -0.05) is 12.1 Å². The van der Waals surface area contributed by atoms with Crippen molar-refractivity contribution in [2.75, 3.05) is 31.8 Å². The van der Waals surface area contributed by atoms with Crippen LogP contribution in [0.25, 0.3) is 0 Å². The number of para-hydroxylation sites is 2. The van der Waals surface area contributed by atoms with E-state index in [0.29, 0.717) is 23.7 Å². The Hall–Kier alpha value is -1.89. The summed E-state index contributed by atoms with van der Waals surface area (Å²) < 4.78 is 10.8. The number of rotatable bonds is 5. The molecule has 0 bridgehead atoms. The van der Waals surface area contributed by atoms with Crippen LogP contribution in [0, 0.1) is 0 Å². The number of imide groups is 1. The highest BCUT2D eigenvalue weighted by Gasteiger charge is 2.52. The van der Waals surface area contributed by atoms with Crippen LogP contribution in [0.1, 0.15) is 6.42 Å². The number of nitrogens with one attached hydrogen (secondary N) is 1. The van der Waals surface area contributed by atoms with Crippen molar-refractivity contribution in [3.63, 3.8) is 0 Å². The van der Waals surface area contributed by atoms with Crippen molar-refractivity contribution in [3.05, 3.63) is 24.3 Å². The maximum absolute atomic E-state index is 12.5. The summed E-state index contributed by atoms with van der Waals surface area (Å²) in [6, 6.07) is 6.96. The van der Waals surface area contributed by atoms with Gasteiger partial charge in [-0.3, -0.25) is 9.69 Å². The Balaban J connectivity index is 1.60. The standard InChI is InChI=1S/C15H18N2O4S/c1-20-11-4-2-3-5-12(11)21-8-7-17-13(18)15(16-14(17)19)6-9-22-10-15/h2-5H,6-10H2,1H3,(H,16,19)/t15-/m1/s1. The normalized spacial score (nSPS) is 24.0. The summed E-state index contributed by atoms with van der Waals surface area (Å²) in [5.41, 5.74) is -0.688. The molecule has 22 heavy (non-hydrogen) atoms. The third-order valence-electron chi connectivity index (χ3n) is 3.91. The van der Waals surface area contributed by atoms with Crippen LogP contribution in [0.3, 0.4) is 0 Å². The van der Waals surface area contributed by atoms with Crippen LogP contribution in [0.4, 0.5) is 4.79 Å². The smallest absolute Gasteiger partial charge is 0.325 e. The lowest BCUT2D eigenvalue weighted by atomic mass is 9.99. The summed E-state index contributed by atoms with van der Waals surface area (Å²) in [4.78, 5) is 25.7. The fraction of sp³-hybridized carbons (Fsp3) is 0.467. The molecule has 2 fully saturated rings. The Morgan fingerprint density at radius 2 is 2.09 bits per heavy atom. The van der Waals surface area contributed by atoms with E-state index in [0.717, 1.165) is 5.75 Å². The molecule has 2 saturated heterocycles. The molecule has 1 N–H and O–H groups in total. The first-order valence-electron chi connectivity index (χ1n) is 7.14. The average Bonchev–Trinajstić information content (AvgIpc) is 3.08. The SMILES string of the molecule is COc1ccccc1OCCN1C(=O)N[C@@]2(CCSC2)C1=O. The van der Waals surface area contributed by atoms with Gasteiger partial charge in [-0.25, -0.2) is 4.79 Å². The number of hydrogen-bond donors (Lipinski definition) is 1. The summed E-state index contributed by atoms with van der Waals surface area (Å²) in [7, 11) is 1.57. The van der Waals surface area contributed by atoms with E-state index >= 15 is 0 Å². The van der Waals surface area contributed by atoms with Gasteiger partial charge in [0.1, 0.15) is 12.1 Å². The predicted octanol–water partition coefficient (Wildman–Crippen LogP) is 1.50. The van der Waals surface area contributed by atoms with Crippen LogP contribution >= 0.6 is 11.8 Å². The number of carbonyl (C=O) groups excluding carboxylic acids is 2.